The predicted octanol–water partition coefficient (Wildman–Crippen LogP) is 1.82. The average Bonchev–Trinajstić information content (AvgIpc) is 2.45. The molecule has 1 heterocycles. The molecule has 0 spiro atoms. The Hall–Kier alpha value is -2.56. The van der Waals surface area contributed by atoms with Gasteiger partial charge in [-0.05, 0) is 19.1 Å². The van der Waals surface area contributed by atoms with Crippen LogP contribution in [0.15, 0.2) is 35.6 Å². The number of fused-ring (bicyclic) bond motifs is 1. The lowest BCUT2D eigenvalue weighted by molar-refractivity contribution is -0.136. The highest BCUT2D eigenvalue weighted by molar-refractivity contribution is 6.17. The molecule has 1 N–H and O–H groups in total. The Morgan fingerprint density at radius 2 is 2.05 bits per heavy atom. The van der Waals surface area contributed by atoms with Crippen LogP contribution in [-0.2, 0) is 16.6 Å². The van der Waals surface area contributed by atoms with Crippen LogP contribution in [0.3, 0.4) is 0 Å². The van der Waals surface area contributed by atoms with Gasteiger partial charge in [-0.3, -0.25) is 4.79 Å². The molecule has 5 heteroatoms. The van der Waals surface area contributed by atoms with Crippen molar-refractivity contribution in [3.05, 3.63) is 46.8 Å². The van der Waals surface area contributed by atoms with E-state index in [2.05, 4.69) is 6.58 Å². The molecule has 2 rings (SSSR count). The summed E-state index contributed by atoms with van der Waals surface area (Å²) in [7, 11) is 1.58. The maximum absolute atomic E-state index is 12.3. The number of ether oxygens (including phenoxy) is 1. The molecule has 0 amide bonds. The second kappa shape index (κ2) is 5.21. The second-order valence-electron chi connectivity index (χ2n) is 4.30. The summed E-state index contributed by atoms with van der Waals surface area (Å²) < 4.78 is 6.19. The number of esters is 1. The van der Waals surface area contributed by atoms with Crippen LogP contribution in [0.25, 0.3) is 16.5 Å². The summed E-state index contributed by atoms with van der Waals surface area (Å²) in [5.41, 5.74) is -0.171. The van der Waals surface area contributed by atoms with Gasteiger partial charge in [0.05, 0.1) is 23.3 Å². The normalized spacial score (nSPS) is 10.5. The zero-order chi connectivity index (χ0) is 14.9. The van der Waals surface area contributed by atoms with E-state index in [4.69, 9.17) is 4.74 Å². The molecule has 104 valence electrons. The molecule has 0 fully saturated rings. The van der Waals surface area contributed by atoms with Gasteiger partial charge in [0, 0.05) is 12.4 Å². The first-order valence-corrected chi connectivity index (χ1v) is 6.16. The highest BCUT2D eigenvalue weighted by Gasteiger charge is 2.21. The summed E-state index contributed by atoms with van der Waals surface area (Å²) in [6.45, 7) is 5.39. The molecule has 5 nitrogen and oxygen atoms in total. The fraction of sp³-hybridized carbons (Fsp3) is 0.200. The molecular formula is C15H15NO4. The molecule has 0 saturated carbocycles. The van der Waals surface area contributed by atoms with Crippen molar-refractivity contribution in [1.82, 2.24) is 4.57 Å². The number of nitrogens with zero attached hydrogens (tertiary/aromatic N) is 1. The maximum Gasteiger partial charge on any atom is 0.338 e. The number of aromatic nitrogens is 1. The number of para-hydroxylation sites is 1. The minimum absolute atomic E-state index is 0.121. The molecule has 0 bridgehead atoms. The molecule has 0 unspecified atom stereocenters. The monoisotopic (exact) mass is 273 g/mol. The lowest BCUT2D eigenvalue weighted by Crippen LogP contribution is -2.23. The number of aromatic hydroxyl groups is 1. The van der Waals surface area contributed by atoms with Crippen molar-refractivity contribution in [2.24, 2.45) is 7.05 Å². The summed E-state index contributed by atoms with van der Waals surface area (Å²) in [5, 5.41) is 10.7. The molecule has 0 atom stereocenters. The van der Waals surface area contributed by atoms with Crippen molar-refractivity contribution >= 4 is 22.4 Å². The molecule has 1 aromatic carbocycles. The van der Waals surface area contributed by atoms with E-state index < -0.39 is 11.5 Å². The van der Waals surface area contributed by atoms with E-state index >= 15 is 0 Å². The second-order valence-corrected chi connectivity index (χ2v) is 4.30. The first-order chi connectivity index (χ1) is 9.49. The van der Waals surface area contributed by atoms with Crippen LogP contribution in [0.2, 0.25) is 0 Å². The van der Waals surface area contributed by atoms with Gasteiger partial charge < -0.3 is 14.4 Å². The number of pyridine rings is 1. The van der Waals surface area contributed by atoms with Crippen LogP contribution in [0.5, 0.6) is 5.75 Å². The molecule has 0 radical (unpaired) electrons. The van der Waals surface area contributed by atoms with Gasteiger partial charge in [0.25, 0.3) is 5.56 Å². The minimum atomic E-state index is -0.713. The molecule has 1 aromatic heterocycles. The Labute approximate surface area is 115 Å². The summed E-state index contributed by atoms with van der Waals surface area (Å²) in [6.07, 6.45) is 0. The lowest BCUT2D eigenvalue weighted by atomic mass is 10.0. The third-order valence-corrected chi connectivity index (χ3v) is 3.10. The van der Waals surface area contributed by atoms with Crippen LogP contribution < -0.4 is 5.56 Å². The van der Waals surface area contributed by atoms with E-state index in [-0.39, 0.29) is 23.5 Å². The molecule has 0 aliphatic heterocycles. The highest BCUT2D eigenvalue weighted by atomic mass is 16.5. The summed E-state index contributed by atoms with van der Waals surface area (Å²) in [6, 6.07) is 6.89. The van der Waals surface area contributed by atoms with E-state index in [0.717, 1.165) is 0 Å². The smallest absolute Gasteiger partial charge is 0.338 e. The Morgan fingerprint density at radius 1 is 1.40 bits per heavy atom. The number of rotatable bonds is 3. The number of benzene rings is 1. The van der Waals surface area contributed by atoms with Crippen molar-refractivity contribution in [2.75, 3.05) is 6.61 Å². The SMILES string of the molecule is C=C(C(=O)OCC)c1c(O)c2ccccc2n(C)c1=O. The van der Waals surface area contributed by atoms with Gasteiger partial charge in [0.15, 0.2) is 0 Å². The molecule has 2 aromatic rings. The largest absolute Gasteiger partial charge is 0.506 e. The maximum atomic E-state index is 12.3. The lowest BCUT2D eigenvalue weighted by Gasteiger charge is -2.12. The van der Waals surface area contributed by atoms with E-state index in [1.165, 1.54) is 4.57 Å². The van der Waals surface area contributed by atoms with Gasteiger partial charge in [-0.1, -0.05) is 18.7 Å². The fourth-order valence-corrected chi connectivity index (χ4v) is 2.07. The average molecular weight is 273 g/mol. The van der Waals surface area contributed by atoms with E-state index in [1.807, 2.05) is 0 Å². The van der Waals surface area contributed by atoms with Crippen molar-refractivity contribution in [3.63, 3.8) is 0 Å². The zero-order valence-corrected chi connectivity index (χ0v) is 11.3. The zero-order valence-electron chi connectivity index (χ0n) is 11.3. The van der Waals surface area contributed by atoms with Crippen LogP contribution in [0.4, 0.5) is 0 Å². The molecular weight excluding hydrogens is 258 g/mol. The van der Waals surface area contributed by atoms with Crippen molar-refractivity contribution in [3.8, 4) is 5.75 Å². The number of hydrogen-bond donors (Lipinski definition) is 1. The van der Waals surface area contributed by atoms with E-state index in [0.29, 0.717) is 10.9 Å². The molecule has 0 aliphatic carbocycles. The molecule has 20 heavy (non-hydrogen) atoms. The third-order valence-electron chi connectivity index (χ3n) is 3.10. The van der Waals surface area contributed by atoms with Crippen molar-refractivity contribution in [2.45, 2.75) is 6.92 Å². The number of carbonyl (C=O) groups excluding carboxylic acids is 1. The minimum Gasteiger partial charge on any atom is -0.506 e. The van der Waals surface area contributed by atoms with Crippen LogP contribution in [0.1, 0.15) is 12.5 Å². The van der Waals surface area contributed by atoms with Crippen LogP contribution in [0, 0.1) is 0 Å². The summed E-state index contributed by atoms with van der Waals surface area (Å²) in [5.74, 6) is -0.961. The van der Waals surface area contributed by atoms with Gasteiger partial charge in [-0.25, -0.2) is 4.79 Å². The Kier molecular flexibility index (Phi) is 3.61. The standard InChI is InChI=1S/C15H15NO4/c1-4-20-15(19)9(2)12-13(17)10-7-5-6-8-11(10)16(3)14(12)18/h5-8,17H,2,4H2,1,3H3. The highest BCUT2D eigenvalue weighted by Crippen LogP contribution is 2.29. The van der Waals surface area contributed by atoms with Crippen LogP contribution in [-0.4, -0.2) is 22.2 Å². The van der Waals surface area contributed by atoms with Crippen molar-refractivity contribution < 1.29 is 14.6 Å². The predicted molar refractivity (Wildman–Crippen MR) is 76.5 cm³/mol. The van der Waals surface area contributed by atoms with Gasteiger partial charge in [0.2, 0.25) is 0 Å². The number of carbonyl (C=O) groups is 1. The van der Waals surface area contributed by atoms with Crippen molar-refractivity contribution in [1.29, 1.82) is 0 Å². The van der Waals surface area contributed by atoms with E-state index in [1.54, 1.807) is 38.2 Å². The Balaban J connectivity index is 2.75. The number of hydrogen-bond acceptors (Lipinski definition) is 4. The molecule has 0 saturated heterocycles. The first kappa shape index (κ1) is 13.9. The van der Waals surface area contributed by atoms with Gasteiger partial charge in [0.1, 0.15) is 5.75 Å². The summed E-state index contributed by atoms with van der Waals surface area (Å²) >= 11 is 0. The number of aryl methyl sites for hydroxylation is 1. The third kappa shape index (κ3) is 2.07. The fourth-order valence-electron chi connectivity index (χ4n) is 2.07. The topological polar surface area (TPSA) is 68.5 Å². The molecule has 0 aliphatic rings. The summed E-state index contributed by atoms with van der Waals surface area (Å²) in [4.78, 5) is 24.0. The van der Waals surface area contributed by atoms with Gasteiger partial charge in [-0.2, -0.15) is 0 Å². The quantitative estimate of drug-likeness (QED) is 0.684. The Morgan fingerprint density at radius 3 is 2.70 bits per heavy atom. The van der Waals surface area contributed by atoms with Crippen LogP contribution >= 0.6 is 0 Å². The van der Waals surface area contributed by atoms with E-state index in [9.17, 15) is 14.7 Å². The van der Waals surface area contributed by atoms with Gasteiger partial charge >= 0.3 is 5.97 Å². The first-order valence-electron chi connectivity index (χ1n) is 6.16. The van der Waals surface area contributed by atoms with Gasteiger partial charge in [-0.15, -0.1) is 0 Å². The Bertz CT molecular complexity index is 758.